The van der Waals surface area contributed by atoms with Crippen molar-refractivity contribution in [1.82, 2.24) is 10.3 Å². The number of aromatic nitrogens is 1. The van der Waals surface area contributed by atoms with E-state index in [1.807, 2.05) is 0 Å². The largest absolute Gasteiger partial charge is 0.348 e. The van der Waals surface area contributed by atoms with Crippen LogP contribution in [-0.2, 0) is 0 Å². The summed E-state index contributed by atoms with van der Waals surface area (Å²) in [6, 6.07) is 2.01. The quantitative estimate of drug-likeness (QED) is 0.775. The zero-order chi connectivity index (χ0) is 12.4. The molecule has 2 rings (SSSR count). The lowest BCUT2D eigenvalue weighted by Crippen LogP contribution is -2.40. The molecule has 1 aliphatic carbocycles. The van der Waals surface area contributed by atoms with Crippen molar-refractivity contribution in [2.45, 2.75) is 37.8 Å². The first-order chi connectivity index (χ1) is 8.06. The molecular weight excluding hydrogens is 261 g/mol. The highest BCUT2D eigenvalue weighted by atomic mass is 35.5. The van der Waals surface area contributed by atoms with Crippen LogP contribution in [0.1, 0.15) is 36.2 Å². The van der Waals surface area contributed by atoms with Crippen LogP contribution in [0.15, 0.2) is 6.07 Å². The molecule has 6 heteroatoms. The van der Waals surface area contributed by atoms with Gasteiger partial charge in [0, 0.05) is 12.1 Å². The number of carbonyl (C=O) groups is 1. The van der Waals surface area contributed by atoms with E-state index < -0.39 is 0 Å². The van der Waals surface area contributed by atoms with Crippen LogP contribution in [0.25, 0.3) is 0 Å². The van der Waals surface area contributed by atoms with Crippen LogP contribution in [0.4, 0.5) is 0 Å². The fourth-order valence-corrected chi connectivity index (χ4v) is 2.37. The number of amides is 1. The first kappa shape index (κ1) is 12.7. The topological polar surface area (TPSA) is 70.9 Å². The van der Waals surface area contributed by atoms with Gasteiger partial charge in [0.2, 0.25) is 0 Å². The van der Waals surface area contributed by atoms with E-state index in [-0.39, 0.29) is 18.0 Å². The van der Waals surface area contributed by atoms with Crippen molar-refractivity contribution >= 4 is 29.1 Å². The maximum absolute atomic E-state index is 11.9. The van der Waals surface area contributed by atoms with Crippen LogP contribution in [0.2, 0.25) is 10.2 Å². The van der Waals surface area contributed by atoms with E-state index in [1.54, 1.807) is 0 Å². The number of H-pyrrole nitrogens is 1. The number of carbonyl (C=O) groups excluding carboxylic acids is 1. The van der Waals surface area contributed by atoms with Crippen molar-refractivity contribution in [2.24, 2.45) is 5.73 Å². The van der Waals surface area contributed by atoms with Gasteiger partial charge in [-0.05, 0) is 31.7 Å². The zero-order valence-corrected chi connectivity index (χ0v) is 10.8. The lowest BCUT2D eigenvalue weighted by molar-refractivity contribution is 0.0921. The highest BCUT2D eigenvalue weighted by molar-refractivity contribution is 6.41. The number of aromatic amines is 1. The van der Waals surface area contributed by atoms with Gasteiger partial charge in [0.1, 0.15) is 10.8 Å². The molecule has 0 unspecified atom stereocenters. The Labute approximate surface area is 110 Å². The predicted octanol–water partition coefficient (Wildman–Crippen LogP) is 2.32. The Balaban J connectivity index is 1.93. The highest BCUT2D eigenvalue weighted by Crippen LogP contribution is 2.22. The second-order valence-corrected chi connectivity index (χ2v) is 5.22. The Kier molecular flexibility index (Phi) is 3.97. The summed E-state index contributed by atoms with van der Waals surface area (Å²) in [6.45, 7) is 0. The standard InChI is InChI=1S/C11H15Cl2N3O/c12-8-5-9(16-10(8)13)11(17)15-7-3-1-6(14)2-4-7/h5-7,16H,1-4,14H2,(H,15,17). The molecule has 17 heavy (non-hydrogen) atoms. The van der Waals surface area contributed by atoms with Crippen molar-refractivity contribution in [3.05, 3.63) is 21.9 Å². The summed E-state index contributed by atoms with van der Waals surface area (Å²) in [5.74, 6) is -0.167. The third-order valence-corrected chi connectivity index (χ3v) is 3.77. The minimum atomic E-state index is -0.167. The number of halogens is 2. The molecular formula is C11H15Cl2N3O. The van der Waals surface area contributed by atoms with E-state index in [0.29, 0.717) is 15.9 Å². The third kappa shape index (κ3) is 3.15. The van der Waals surface area contributed by atoms with Gasteiger partial charge in [-0.15, -0.1) is 0 Å². The maximum Gasteiger partial charge on any atom is 0.268 e. The average Bonchev–Trinajstić information content (AvgIpc) is 2.63. The van der Waals surface area contributed by atoms with Crippen LogP contribution in [-0.4, -0.2) is 23.0 Å². The number of hydrogen-bond acceptors (Lipinski definition) is 2. The molecule has 1 aliphatic rings. The van der Waals surface area contributed by atoms with Gasteiger partial charge in [0.05, 0.1) is 5.02 Å². The van der Waals surface area contributed by atoms with Gasteiger partial charge in [-0.2, -0.15) is 0 Å². The average molecular weight is 276 g/mol. The lowest BCUT2D eigenvalue weighted by atomic mass is 9.92. The van der Waals surface area contributed by atoms with Crippen molar-refractivity contribution in [3.8, 4) is 0 Å². The smallest absolute Gasteiger partial charge is 0.268 e. The van der Waals surface area contributed by atoms with Crippen molar-refractivity contribution in [1.29, 1.82) is 0 Å². The zero-order valence-electron chi connectivity index (χ0n) is 9.30. The lowest BCUT2D eigenvalue weighted by Gasteiger charge is -2.26. The summed E-state index contributed by atoms with van der Waals surface area (Å²) in [5.41, 5.74) is 6.21. The molecule has 0 saturated heterocycles. The summed E-state index contributed by atoms with van der Waals surface area (Å²) in [5, 5.41) is 3.61. The van der Waals surface area contributed by atoms with Gasteiger partial charge in [-0.3, -0.25) is 4.79 Å². The molecule has 1 aromatic heterocycles. The molecule has 4 nitrogen and oxygen atoms in total. The molecule has 0 spiro atoms. The van der Waals surface area contributed by atoms with Gasteiger partial charge in [0.25, 0.3) is 5.91 Å². The Bertz CT molecular complexity index is 391. The molecule has 0 bridgehead atoms. The second kappa shape index (κ2) is 5.29. The maximum atomic E-state index is 11.9. The fourth-order valence-electron chi connectivity index (χ4n) is 2.05. The normalized spacial score (nSPS) is 24.6. The van der Waals surface area contributed by atoms with E-state index in [0.717, 1.165) is 25.7 Å². The van der Waals surface area contributed by atoms with Crippen molar-refractivity contribution in [3.63, 3.8) is 0 Å². The minimum Gasteiger partial charge on any atom is -0.348 e. The molecule has 0 radical (unpaired) electrons. The molecule has 1 saturated carbocycles. The summed E-state index contributed by atoms with van der Waals surface area (Å²) >= 11 is 11.5. The van der Waals surface area contributed by atoms with Crippen molar-refractivity contribution in [2.75, 3.05) is 0 Å². The van der Waals surface area contributed by atoms with Gasteiger partial charge in [-0.25, -0.2) is 0 Å². The first-order valence-electron chi connectivity index (χ1n) is 5.66. The minimum absolute atomic E-state index is 0.167. The Morgan fingerprint density at radius 2 is 2.00 bits per heavy atom. The molecule has 0 atom stereocenters. The summed E-state index contributed by atoms with van der Waals surface area (Å²) in [6.07, 6.45) is 3.76. The summed E-state index contributed by atoms with van der Waals surface area (Å²) in [4.78, 5) is 14.6. The molecule has 94 valence electrons. The van der Waals surface area contributed by atoms with E-state index in [9.17, 15) is 4.79 Å². The number of rotatable bonds is 2. The summed E-state index contributed by atoms with van der Waals surface area (Å²) in [7, 11) is 0. The molecule has 1 amide bonds. The second-order valence-electron chi connectivity index (χ2n) is 4.43. The van der Waals surface area contributed by atoms with E-state index in [1.165, 1.54) is 6.07 Å². The molecule has 0 aromatic carbocycles. The van der Waals surface area contributed by atoms with Crippen LogP contribution >= 0.6 is 23.2 Å². The van der Waals surface area contributed by atoms with Crippen LogP contribution in [0, 0.1) is 0 Å². The van der Waals surface area contributed by atoms with E-state index in [4.69, 9.17) is 28.9 Å². The number of nitrogens with two attached hydrogens (primary N) is 1. The number of hydrogen-bond donors (Lipinski definition) is 3. The summed E-state index contributed by atoms with van der Waals surface area (Å²) < 4.78 is 0. The first-order valence-corrected chi connectivity index (χ1v) is 6.42. The van der Waals surface area contributed by atoms with Gasteiger partial charge >= 0.3 is 0 Å². The predicted molar refractivity (Wildman–Crippen MR) is 68.5 cm³/mol. The van der Waals surface area contributed by atoms with Crippen LogP contribution < -0.4 is 11.1 Å². The van der Waals surface area contributed by atoms with E-state index >= 15 is 0 Å². The van der Waals surface area contributed by atoms with Gasteiger partial charge in [0.15, 0.2) is 0 Å². The highest BCUT2D eigenvalue weighted by Gasteiger charge is 2.21. The van der Waals surface area contributed by atoms with E-state index in [2.05, 4.69) is 10.3 Å². The monoisotopic (exact) mass is 275 g/mol. The van der Waals surface area contributed by atoms with Crippen molar-refractivity contribution < 1.29 is 4.79 Å². The number of nitrogens with one attached hydrogen (secondary N) is 2. The molecule has 4 N–H and O–H groups in total. The SMILES string of the molecule is NC1CCC(NC(=O)c2cc(Cl)c(Cl)[nH]2)CC1. The van der Waals surface area contributed by atoms with Gasteiger partial charge < -0.3 is 16.0 Å². The molecule has 0 aliphatic heterocycles. The molecule has 1 fully saturated rings. The Morgan fingerprint density at radius 1 is 1.35 bits per heavy atom. The Morgan fingerprint density at radius 3 is 2.53 bits per heavy atom. The van der Waals surface area contributed by atoms with Crippen LogP contribution in [0.3, 0.4) is 0 Å². The third-order valence-electron chi connectivity index (χ3n) is 3.08. The molecule has 1 heterocycles. The van der Waals surface area contributed by atoms with Crippen LogP contribution in [0.5, 0.6) is 0 Å². The van der Waals surface area contributed by atoms with Gasteiger partial charge in [-0.1, -0.05) is 23.2 Å². The molecule has 1 aromatic rings. The fraction of sp³-hybridized carbons (Fsp3) is 0.545. The Hall–Kier alpha value is -0.710.